The monoisotopic (exact) mass is 281 g/mol. The standard InChI is InChI=1S/C13H20ClN5/c1-10(8-18-6-4-15-9-18)16-5-7-19-12(3)13(14)11(2)17-19/h4,6,9-10,16H,5,7-8H2,1-3H3/t10-/m0/s1. The summed E-state index contributed by atoms with van der Waals surface area (Å²) < 4.78 is 4.02. The molecule has 0 amide bonds. The second-order valence-electron chi connectivity index (χ2n) is 4.82. The van der Waals surface area contributed by atoms with E-state index in [1.54, 1.807) is 6.20 Å². The Morgan fingerprint density at radius 2 is 2.21 bits per heavy atom. The predicted molar refractivity (Wildman–Crippen MR) is 76.4 cm³/mol. The molecular weight excluding hydrogens is 262 g/mol. The van der Waals surface area contributed by atoms with E-state index in [0.717, 1.165) is 36.0 Å². The van der Waals surface area contributed by atoms with Gasteiger partial charge in [-0.15, -0.1) is 0 Å². The van der Waals surface area contributed by atoms with Crippen LogP contribution >= 0.6 is 11.6 Å². The molecule has 2 aromatic rings. The van der Waals surface area contributed by atoms with Crippen LogP contribution in [-0.4, -0.2) is 31.9 Å². The summed E-state index contributed by atoms with van der Waals surface area (Å²) in [5.41, 5.74) is 1.92. The molecule has 0 saturated heterocycles. The van der Waals surface area contributed by atoms with Gasteiger partial charge in [0, 0.05) is 31.5 Å². The fraction of sp³-hybridized carbons (Fsp3) is 0.538. The summed E-state index contributed by atoms with van der Waals surface area (Å²) in [4.78, 5) is 4.03. The maximum atomic E-state index is 6.12. The van der Waals surface area contributed by atoms with Crippen LogP contribution in [-0.2, 0) is 13.1 Å². The van der Waals surface area contributed by atoms with Gasteiger partial charge in [0.1, 0.15) is 0 Å². The predicted octanol–water partition coefficient (Wildman–Crippen LogP) is 2.03. The zero-order chi connectivity index (χ0) is 13.8. The fourth-order valence-electron chi connectivity index (χ4n) is 2.09. The van der Waals surface area contributed by atoms with Gasteiger partial charge < -0.3 is 9.88 Å². The van der Waals surface area contributed by atoms with Gasteiger partial charge in [-0.05, 0) is 20.8 Å². The van der Waals surface area contributed by atoms with Crippen LogP contribution < -0.4 is 5.32 Å². The van der Waals surface area contributed by atoms with E-state index >= 15 is 0 Å². The van der Waals surface area contributed by atoms with E-state index in [1.807, 2.05) is 31.1 Å². The number of hydrogen-bond donors (Lipinski definition) is 1. The van der Waals surface area contributed by atoms with Gasteiger partial charge in [-0.3, -0.25) is 4.68 Å². The number of rotatable bonds is 6. The molecule has 0 aliphatic rings. The first kappa shape index (κ1) is 14.1. The number of nitrogens with one attached hydrogen (secondary N) is 1. The van der Waals surface area contributed by atoms with Crippen LogP contribution in [0.3, 0.4) is 0 Å². The van der Waals surface area contributed by atoms with E-state index in [4.69, 9.17) is 11.6 Å². The summed E-state index contributed by atoms with van der Waals surface area (Å²) in [5.74, 6) is 0. The molecule has 2 aromatic heterocycles. The van der Waals surface area contributed by atoms with Gasteiger partial charge in [0.05, 0.1) is 29.3 Å². The Morgan fingerprint density at radius 3 is 2.79 bits per heavy atom. The SMILES string of the molecule is Cc1nn(CCN[C@@H](C)Cn2ccnc2)c(C)c1Cl. The van der Waals surface area contributed by atoms with Gasteiger partial charge in [0.15, 0.2) is 0 Å². The van der Waals surface area contributed by atoms with Crippen LogP contribution in [0.5, 0.6) is 0 Å². The quantitative estimate of drug-likeness (QED) is 0.881. The topological polar surface area (TPSA) is 47.7 Å². The molecule has 104 valence electrons. The summed E-state index contributed by atoms with van der Waals surface area (Å²) in [5, 5.41) is 8.65. The van der Waals surface area contributed by atoms with Crippen LogP contribution in [0.1, 0.15) is 18.3 Å². The van der Waals surface area contributed by atoms with Crippen molar-refractivity contribution < 1.29 is 0 Å². The average Bonchev–Trinajstić information content (AvgIpc) is 2.95. The van der Waals surface area contributed by atoms with Gasteiger partial charge >= 0.3 is 0 Å². The highest BCUT2D eigenvalue weighted by Gasteiger charge is 2.09. The van der Waals surface area contributed by atoms with Crippen molar-refractivity contribution in [2.75, 3.05) is 6.54 Å². The minimum atomic E-state index is 0.390. The summed E-state index contributed by atoms with van der Waals surface area (Å²) in [6.45, 7) is 8.70. The third-order valence-electron chi connectivity index (χ3n) is 3.15. The van der Waals surface area contributed by atoms with Crippen LogP contribution in [0.4, 0.5) is 0 Å². The van der Waals surface area contributed by atoms with E-state index in [2.05, 4.69) is 26.9 Å². The molecule has 0 bridgehead atoms. The molecule has 0 unspecified atom stereocenters. The Balaban J connectivity index is 1.78. The summed E-state index contributed by atoms with van der Waals surface area (Å²) in [6, 6.07) is 0.390. The summed E-state index contributed by atoms with van der Waals surface area (Å²) in [6.07, 6.45) is 5.60. The fourth-order valence-corrected chi connectivity index (χ4v) is 2.22. The molecule has 5 nitrogen and oxygen atoms in total. The van der Waals surface area contributed by atoms with Crippen LogP contribution in [0, 0.1) is 13.8 Å². The largest absolute Gasteiger partial charge is 0.336 e. The van der Waals surface area contributed by atoms with Crippen molar-refractivity contribution in [1.29, 1.82) is 0 Å². The lowest BCUT2D eigenvalue weighted by Gasteiger charge is -2.14. The minimum Gasteiger partial charge on any atom is -0.336 e. The van der Waals surface area contributed by atoms with Crippen LogP contribution in [0.25, 0.3) is 0 Å². The number of aromatic nitrogens is 4. The Labute approximate surface area is 118 Å². The zero-order valence-corrected chi connectivity index (χ0v) is 12.4. The molecule has 19 heavy (non-hydrogen) atoms. The van der Waals surface area contributed by atoms with Crippen molar-refractivity contribution in [2.24, 2.45) is 0 Å². The maximum absolute atomic E-state index is 6.12. The molecule has 0 aliphatic carbocycles. The van der Waals surface area contributed by atoms with E-state index in [0.29, 0.717) is 6.04 Å². The Bertz CT molecular complexity index is 517. The van der Waals surface area contributed by atoms with Crippen molar-refractivity contribution in [3.63, 3.8) is 0 Å². The van der Waals surface area contributed by atoms with E-state index in [9.17, 15) is 0 Å². The third-order valence-corrected chi connectivity index (χ3v) is 3.70. The molecule has 1 atom stereocenters. The van der Waals surface area contributed by atoms with Gasteiger partial charge in [-0.1, -0.05) is 11.6 Å². The lowest BCUT2D eigenvalue weighted by molar-refractivity contribution is 0.448. The lowest BCUT2D eigenvalue weighted by Crippen LogP contribution is -2.33. The molecule has 2 rings (SSSR count). The zero-order valence-electron chi connectivity index (χ0n) is 11.6. The van der Waals surface area contributed by atoms with Crippen molar-refractivity contribution in [1.82, 2.24) is 24.6 Å². The minimum absolute atomic E-state index is 0.390. The highest BCUT2D eigenvalue weighted by atomic mass is 35.5. The first-order valence-corrected chi connectivity index (χ1v) is 6.84. The van der Waals surface area contributed by atoms with Gasteiger partial charge in [-0.25, -0.2) is 4.98 Å². The average molecular weight is 282 g/mol. The van der Waals surface area contributed by atoms with Crippen molar-refractivity contribution in [2.45, 2.75) is 39.9 Å². The van der Waals surface area contributed by atoms with Crippen molar-refractivity contribution in [3.8, 4) is 0 Å². The van der Waals surface area contributed by atoms with E-state index < -0.39 is 0 Å². The third kappa shape index (κ3) is 3.58. The number of hydrogen-bond acceptors (Lipinski definition) is 3. The number of halogens is 1. The smallest absolute Gasteiger partial charge is 0.0946 e. The van der Waals surface area contributed by atoms with Gasteiger partial charge in [0.25, 0.3) is 0 Å². The molecule has 6 heteroatoms. The van der Waals surface area contributed by atoms with E-state index in [-0.39, 0.29) is 0 Å². The second kappa shape index (κ2) is 6.21. The second-order valence-corrected chi connectivity index (χ2v) is 5.20. The Hall–Kier alpha value is -1.33. The molecule has 0 radical (unpaired) electrons. The van der Waals surface area contributed by atoms with Gasteiger partial charge in [0.2, 0.25) is 0 Å². The summed E-state index contributed by atoms with van der Waals surface area (Å²) in [7, 11) is 0. The van der Waals surface area contributed by atoms with Crippen LogP contribution in [0.2, 0.25) is 5.02 Å². The first-order chi connectivity index (χ1) is 9.08. The molecule has 0 spiro atoms. The first-order valence-electron chi connectivity index (χ1n) is 6.46. The lowest BCUT2D eigenvalue weighted by atomic mass is 10.3. The Kier molecular flexibility index (Phi) is 4.61. The normalized spacial score (nSPS) is 12.8. The van der Waals surface area contributed by atoms with Crippen molar-refractivity contribution in [3.05, 3.63) is 35.1 Å². The molecule has 0 fully saturated rings. The number of nitrogens with zero attached hydrogens (tertiary/aromatic N) is 4. The highest BCUT2D eigenvalue weighted by molar-refractivity contribution is 6.31. The maximum Gasteiger partial charge on any atom is 0.0946 e. The van der Waals surface area contributed by atoms with Gasteiger partial charge in [-0.2, -0.15) is 5.10 Å². The highest BCUT2D eigenvalue weighted by Crippen LogP contribution is 2.18. The molecule has 0 saturated carbocycles. The molecule has 2 heterocycles. The molecule has 1 N–H and O–H groups in total. The van der Waals surface area contributed by atoms with E-state index in [1.165, 1.54) is 0 Å². The number of aryl methyl sites for hydroxylation is 1. The molecule has 0 aromatic carbocycles. The Morgan fingerprint density at radius 1 is 1.42 bits per heavy atom. The summed E-state index contributed by atoms with van der Waals surface area (Å²) >= 11 is 6.12. The molecule has 0 aliphatic heterocycles. The van der Waals surface area contributed by atoms with Crippen LogP contribution in [0.15, 0.2) is 18.7 Å². The van der Waals surface area contributed by atoms with Crippen molar-refractivity contribution >= 4 is 11.6 Å². The number of imidazole rings is 1. The molecular formula is C13H20ClN5.